The quantitative estimate of drug-likeness (QED) is 0.723. The maximum absolute atomic E-state index is 12.2. The topological polar surface area (TPSA) is 88.7 Å². The van der Waals surface area contributed by atoms with Crippen LogP contribution in [0.25, 0.3) is 0 Å². The summed E-state index contributed by atoms with van der Waals surface area (Å²) in [6, 6.07) is 1.28. The lowest BCUT2D eigenvalue weighted by Gasteiger charge is -2.34. The minimum Gasteiger partial charge on any atom is -0.398 e. The molecule has 1 fully saturated rings. The van der Waals surface area contributed by atoms with Gasteiger partial charge in [-0.1, -0.05) is 0 Å². The lowest BCUT2D eigenvalue weighted by molar-refractivity contribution is -0.0183. The fourth-order valence-corrected chi connectivity index (χ4v) is 1.81. The summed E-state index contributed by atoms with van der Waals surface area (Å²) in [6.45, 7) is 1.16. The number of morpholine rings is 1. The van der Waals surface area contributed by atoms with Crippen LogP contribution in [0.3, 0.4) is 0 Å². The fraction of sp³-hybridized carbons (Fsp3) is 0.455. The van der Waals surface area contributed by atoms with Gasteiger partial charge in [0, 0.05) is 24.6 Å². The van der Waals surface area contributed by atoms with Crippen LogP contribution >= 0.6 is 0 Å². The van der Waals surface area contributed by atoms with Crippen molar-refractivity contribution in [3.63, 3.8) is 0 Å². The van der Waals surface area contributed by atoms with E-state index in [1.165, 1.54) is 12.4 Å². The zero-order valence-corrected chi connectivity index (χ0v) is 9.37. The lowest BCUT2D eigenvalue weighted by atomic mass is 10.1. The second-order valence-corrected chi connectivity index (χ2v) is 3.87. The van der Waals surface area contributed by atoms with Crippen molar-refractivity contribution < 1.29 is 14.6 Å². The SMILES string of the molecule is Nc1ccncc1C(=O)N1CCOCC1CO. The van der Waals surface area contributed by atoms with Crippen molar-refractivity contribution in [2.75, 3.05) is 32.1 Å². The highest BCUT2D eigenvalue weighted by Gasteiger charge is 2.28. The highest BCUT2D eigenvalue weighted by atomic mass is 16.5. The van der Waals surface area contributed by atoms with Crippen LogP contribution in [0.15, 0.2) is 18.5 Å². The lowest BCUT2D eigenvalue weighted by Crippen LogP contribution is -2.50. The van der Waals surface area contributed by atoms with Crippen molar-refractivity contribution >= 4 is 11.6 Å². The summed E-state index contributed by atoms with van der Waals surface area (Å²) in [4.78, 5) is 17.7. The third-order valence-electron chi connectivity index (χ3n) is 2.78. The minimum atomic E-state index is -0.309. The first-order valence-electron chi connectivity index (χ1n) is 5.43. The van der Waals surface area contributed by atoms with Crippen LogP contribution in [-0.4, -0.2) is 53.3 Å². The number of hydrogen-bond acceptors (Lipinski definition) is 5. The molecule has 92 valence electrons. The Hall–Kier alpha value is -1.66. The van der Waals surface area contributed by atoms with Crippen molar-refractivity contribution in [1.82, 2.24) is 9.88 Å². The van der Waals surface area contributed by atoms with Crippen molar-refractivity contribution in [1.29, 1.82) is 0 Å². The van der Waals surface area contributed by atoms with Gasteiger partial charge in [-0.3, -0.25) is 9.78 Å². The first-order valence-corrected chi connectivity index (χ1v) is 5.43. The molecule has 6 heteroatoms. The van der Waals surface area contributed by atoms with E-state index < -0.39 is 0 Å². The van der Waals surface area contributed by atoms with Gasteiger partial charge in [0.2, 0.25) is 0 Å². The van der Waals surface area contributed by atoms with Crippen LogP contribution in [0.4, 0.5) is 5.69 Å². The Labute approximate surface area is 99.0 Å². The van der Waals surface area contributed by atoms with Gasteiger partial charge in [0.05, 0.1) is 31.4 Å². The molecule has 1 aliphatic heterocycles. The largest absolute Gasteiger partial charge is 0.398 e. The first kappa shape index (κ1) is 11.8. The molecule has 0 bridgehead atoms. The Morgan fingerprint density at radius 1 is 1.71 bits per heavy atom. The van der Waals surface area contributed by atoms with E-state index in [0.717, 1.165) is 0 Å². The zero-order chi connectivity index (χ0) is 12.3. The Kier molecular flexibility index (Phi) is 3.55. The summed E-state index contributed by atoms with van der Waals surface area (Å²) < 4.78 is 5.22. The summed E-state index contributed by atoms with van der Waals surface area (Å²) >= 11 is 0. The van der Waals surface area contributed by atoms with Crippen LogP contribution in [0, 0.1) is 0 Å². The summed E-state index contributed by atoms with van der Waals surface area (Å²) in [7, 11) is 0. The van der Waals surface area contributed by atoms with Gasteiger partial charge in [0.1, 0.15) is 0 Å². The van der Waals surface area contributed by atoms with E-state index in [1.54, 1.807) is 11.0 Å². The van der Waals surface area contributed by atoms with Gasteiger partial charge < -0.3 is 20.5 Å². The molecule has 0 aromatic carbocycles. The van der Waals surface area contributed by atoms with E-state index in [0.29, 0.717) is 31.0 Å². The Morgan fingerprint density at radius 2 is 2.53 bits per heavy atom. The molecule has 0 spiro atoms. The van der Waals surface area contributed by atoms with Crippen LogP contribution < -0.4 is 5.73 Å². The van der Waals surface area contributed by atoms with Crippen molar-refractivity contribution in [2.45, 2.75) is 6.04 Å². The molecule has 0 saturated carbocycles. The van der Waals surface area contributed by atoms with E-state index in [4.69, 9.17) is 10.5 Å². The second kappa shape index (κ2) is 5.11. The van der Waals surface area contributed by atoms with E-state index in [1.807, 2.05) is 0 Å². The van der Waals surface area contributed by atoms with Gasteiger partial charge in [-0.25, -0.2) is 0 Å². The molecular weight excluding hydrogens is 222 g/mol. The predicted octanol–water partition coefficient (Wildman–Crippen LogP) is -0.503. The highest BCUT2D eigenvalue weighted by molar-refractivity contribution is 5.99. The number of aliphatic hydroxyl groups is 1. The molecule has 0 aliphatic carbocycles. The van der Waals surface area contributed by atoms with Crippen molar-refractivity contribution in [2.24, 2.45) is 0 Å². The number of nitrogen functional groups attached to an aromatic ring is 1. The number of carbonyl (C=O) groups is 1. The summed E-state index contributed by atoms with van der Waals surface area (Å²) in [5.74, 6) is -0.210. The molecule has 17 heavy (non-hydrogen) atoms. The maximum atomic E-state index is 12.2. The average molecular weight is 237 g/mol. The van der Waals surface area contributed by atoms with Crippen LogP contribution in [0.1, 0.15) is 10.4 Å². The number of amides is 1. The van der Waals surface area contributed by atoms with Gasteiger partial charge in [-0.2, -0.15) is 0 Å². The molecule has 2 heterocycles. The number of anilines is 1. The standard InChI is InChI=1S/C11H15N3O3/c12-10-1-2-13-5-9(10)11(16)14-3-4-17-7-8(14)6-15/h1-2,5,8,15H,3-4,6-7H2,(H2,12,13). The predicted molar refractivity (Wildman–Crippen MR) is 61.4 cm³/mol. The van der Waals surface area contributed by atoms with E-state index in [-0.39, 0.29) is 18.6 Å². The zero-order valence-electron chi connectivity index (χ0n) is 9.37. The van der Waals surface area contributed by atoms with E-state index >= 15 is 0 Å². The van der Waals surface area contributed by atoms with Gasteiger partial charge in [0.25, 0.3) is 5.91 Å². The molecule has 1 aliphatic rings. The molecule has 1 amide bonds. The molecular formula is C11H15N3O3. The molecule has 0 radical (unpaired) electrons. The number of aromatic nitrogens is 1. The molecule has 1 saturated heterocycles. The number of rotatable bonds is 2. The number of ether oxygens (including phenoxy) is 1. The average Bonchev–Trinajstić information content (AvgIpc) is 2.38. The van der Waals surface area contributed by atoms with Gasteiger partial charge in [0.15, 0.2) is 0 Å². The highest BCUT2D eigenvalue weighted by Crippen LogP contribution is 2.16. The Morgan fingerprint density at radius 3 is 3.24 bits per heavy atom. The van der Waals surface area contributed by atoms with Crippen LogP contribution in [-0.2, 0) is 4.74 Å². The first-order chi connectivity index (χ1) is 8.24. The van der Waals surface area contributed by atoms with Gasteiger partial charge in [-0.15, -0.1) is 0 Å². The molecule has 1 aromatic rings. The Balaban J connectivity index is 2.21. The molecule has 3 N–H and O–H groups in total. The number of nitrogens with zero attached hydrogens (tertiary/aromatic N) is 2. The smallest absolute Gasteiger partial charge is 0.258 e. The molecule has 1 unspecified atom stereocenters. The molecule has 2 rings (SSSR count). The van der Waals surface area contributed by atoms with Crippen molar-refractivity contribution in [3.05, 3.63) is 24.0 Å². The number of aliphatic hydroxyl groups excluding tert-OH is 1. The third kappa shape index (κ3) is 2.37. The minimum absolute atomic E-state index is 0.119. The number of hydrogen-bond donors (Lipinski definition) is 2. The van der Waals surface area contributed by atoms with Crippen molar-refractivity contribution in [3.8, 4) is 0 Å². The van der Waals surface area contributed by atoms with Gasteiger partial charge in [-0.05, 0) is 6.07 Å². The monoisotopic (exact) mass is 237 g/mol. The maximum Gasteiger partial charge on any atom is 0.258 e. The fourth-order valence-electron chi connectivity index (χ4n) is 1.81. The second-order valence-electron chi connectivity index (χ2n) is 3.87. The number of pyridine rings is 1. The Bertz CT molecular complexity index is 411. The van der Waals surface area contributed by atoms with Gasteiger partial charge >= 0.3 is 0 Å². The van der Waals surface area contributed by atoms with E-state index in [9.17, 15) is 9.90 Å². The number of nitrogens with two attached hydrogens (primary N) is 1. The van der Waals surface area contributed by atoms with Crippen LogP contribution in [0.5, 0.6) is 0 Å². The molecule has 1 atom stereocenters. The van der Waals surface area contributed by atoms with E-state index in [2.05, 4.69) is 4.98 Å². The third-order valence-corrected chi connectivity index (χ3v) is 2.78. The normalized spacial score (nSPS) is 20.3. The van der Waals surface area contributed by atoms with Crippen LogP contribution in [0.2, 0.25) is 0 Å². The molecule has 6 nitrogen and oxygen atoms in total. The molecule has 1 aromatic heterocycles. The number of carbonyl (C=O) groups excluding carboxylic acids is 1. The summed E-state index contributed by atoms with van der Waals surface area (Å²) in [5, 5.41) is 9.21. The summed E-state index contributed by atoms with van der Waals surface area (Å²) in [6.07, 6.45) is 2.98. The summed E-state index contributed by atoms with van der Waals surface area (Å²) in [5.41, 5.74) is 6.50.